The quantitative estimate of drug-likeness (QED) is 0.898. The molecule has 9 heteroatoms. The Morgan fingerprint density at radius 3 is 2.50 bits per heavy atom. The van der Waals surface area contributed by atoms with Crippen molar-refractivity contribution in [3.05, 3.63) is 28.8 Å². The number of rotatable bonds is 2. The van der Waals surface area contributed by atoms with Crippen molar-refractivity contribution >= 4 is 33.4 Å². The summed E-state index contributed by atoms with van der Waals surface area (Å²) in [7, 11) is 0. The van der Waals surface area contributed by atoms with Crippen molar-refractivity contribution in [3.8, 4) is 0 Å². The van der Waals surface area contributed by atoms with Crippen molar-refractivity contribution in [1.82, 2.24) is 9.88 Å². The average Bonchev–Trinajstić information content (AvgIpc) is 2.97. The number of piperidine rings is 1. The average molecular weight is 357 g/mol. The first-order valence-corrected chi connectivity index (χ1v) is 8.14. The van der Waals surface area contributed by atoms with E-state index < -0.39 is 11.2 Å². The van der Waals surface area contributed by atoms with Gasteiger partial charge in [-0.3, -0.25) is 9.59 Å². The molecule has 1 saturated heterocycles. The topological polar surface area (TPSA) is 76.3 Å². The summed E-state index contributed by atoms with van der Waals surface area (Å²) in [6, 6.07) is 4.33. The minimum atomic E-state index is -4.50. The van der Waals surface area contributed by atoms with Gasteiger partial charge in [0.1, 0.15) is 0 Å². The third kappa shape index (κ3) is 3.21. The first kappa shape index (κ1) is 16.7. The number of benzene rings is 1. The monoisotopic (exact) mass is 357 g/mol. The van der Waals surface area contributed by atoms with Gasteiger partial charge < -0.3 is 10.6 Å². The fourth-order valence-corrected chi connectivity index (χ4v) is 3.60. The van der Waals surface area contributed by atoms with Gasteiger partial charge in [0.05, 0.1) is 10.2 Å². The van der Waals surface area contributed by atoms with Crippen LogP contribution in [0.1, 0.15) is 28.2 Å². The molecule has 1 fully saturated rings. The lowest BCUT2D eigenvalue weighted by Gasteiger charge is -2.30. The van der Waals surface area contributed by atoms with Gasteiger partial charge in [-0.15, -0.1) is 11.3 Å². The molecule has 3 rings (SSSR count). The van der Waals surface area contributed by atoms with Crippen LogP contribution in [0.25, 0.3) is 10.2 Å². The van der Waals surface area contributed by atoms with Gasteiger partial charge >= 0.3 is 6.18 Å². The Balaban J connectivity index is 1.79. The normalized spacial score (nSPS) is 16.5. The zero-order valence-corrected chi connectivity index (χ0v) is 13.3. The number of likely N-dealkylation sites (tertiary alicyclic amines) is 1. The molecule has 0 radical (unpaired) electrons. The van der Waals surface area contributed by atoms with E-state index in [9.17, 15) is 22.8 Å². The zero-order valence-electron chi connectivity index (χ0n) is 12.5. The Labute approximate surface area is 139 Å². The van der Waals surface area contributed by atoms with E-state index in [4.69, 9.17) is 5.73 Å². The van der Waals surface area contributed by atoms with Crippen LogP contribution in [0.5, 0.6) is 0 Å². The van der Waals surface area contributed by atoms with Gasteiger partial charge in [0.25, 0.3) is 5.91 Å². The summed E-state index contributed by atoms with van der Waals surface area (Å²) < 4.78 is 38.5. The number of fused-ring (bicyclic) bond motifs is 1. The molecule has 0 spiro atoms. The molecule has 1 aliphatic heterocycles. The standard InChI is InChI=1S/C15H14F3N3O2S/c16-15(17,18)14-20-10-2-1-9(7-11(10)24-14)13(23)21-5-3-8(4-6-21)12(19)22/h1-2,7-8H,3-6H2,(H2,19,22). The number of carbonyl (C=O) groups excluding carboxylic acids is 2. The minimum absolute atomic E-state index is 0.219. The Hall–Kier alpha value is -2.16. The summed E-state index contributed by atoms with van der Waals surface area (Å²) in [6.07, 6.45) is -3.49. The highest BCUT2D eigenvalue weighted by Gasteiger charge is 2.35. The predicted molar refractivity (Wildman–Crippen MR) is 82.4 cm³/mol. The molecular weight excluding hydrogens is 343 g/mol. The lowest BCUT2D eigenvalue weighted by Crippen LogP contribution is -2.41. The van der Waals surface area contributed by atoms with Gasteiger partial charge in [-0.25, -0.2) is 4.98 Å². The van der Waals surface area contributed by atoms with E-state index >= 15 is 0 Å². The van der Waals surface area contributed by atoms with Crippen LogP contribution < -0.4 is 5.73 Å². The number of nitrogens with zero attached hydrogens (tertiary/aromatic N) is 2. The molecule has 0 unspecified atom stereocenters. The number of amides is 2. The third-order valence-corrected chi connectivity index (χ3v) is 5.13. The largest absolute Gasteiger partial charge is 0.443 e. The predicted octanol–water partition coefficient (Wildman–Crippen LogP) is 2.65. The highest BCUT2D eigenvalue weighted by Crippen LogP contribution is 2.35. The van der Waals surface area contributed by atoms with Crippen LogP contribution in [0, 0.1) is 5.92 Å². The van der Waals surface area contributed by atoms with E-state index in [-0.39, 0.29) is 23.2 Å². The molecule has 0 aliphatic carbocycles. The minimum Gasteiger partial charge on any atom is -0.369 e. The highest BCUT2D eigenvalue weighted by molar-refractivity contribution is 7.18. The lowest BCUT2D eigenvalue weighted by molar-refractivity contribution is -0.137. The maximum absolute atomic E-state index is 12.7. The lowest BCUT2D eigenvalue weighted by atomic mass is 9.96. The molecule has 0 atom stereocenters. The molecule has 2 amide bonds. The van der Waals surface area contributed by atoms with Gasteiger partial charge in [0.2, 0.25) is 5.91 Å². The van der Waals surface area contributed by atoms with E-state index in [1.165, 1.54) is 18.2 Å². The smallest absolute Gasteiger partial charge is 0.369 e. The van der Waals surface area contributed by atoms with E-state index in [1.807, 2.05) is 0 Å². The van der Waals surface area contributed by atoms with Crippen molar-refractivity contribution in [3.63, 3.8) is 0 Å². The van der Waals surface area contributed by atoms with Crippen molar-refractivity contribution < 1.29 is 22.8 Å². The van der Waals surface area contributed by atoms with Crippen LogP contribution >= 0.6 is 11.3 Å². The number of thiazole rings is 1. The summed E-state index contributed by atoms with van der Waals surface area (Å²) in [6.45, 7) is 0.807. The van der Waals surface area contributed by atoms with Gasteiger partial charge in [0.15, 0.2) is 5.01 Å². The van der Waals surface area contributed by atoms with Crippen LogP contribution in [0.4, 0.5) is 13.2 Å². The van der Waals surface area contributed by atoms with Crippen molar-refractivity contribution in [2.24, 2.45) is 11.7 Å². The highest BCUT2D eigenvalue weighted by atomic mass is 32.1. The number of primary amides is 1. The maximum atomic E-state index is 12.7. The van der Waals surface area contributed by atoms with Crippen LogP contribution in [0.3, 0.4) is 0 Å². The van der Waals surface area contributed by atoms with Crippen molar-refractivity contribution in [1.29, 1.82) is 0 Å². The number of aromatic nitrogens is 1. The molecule has 1 aromatic heterocycles. The van der Waals surface area contributed by atoms with Crippen molar-refractivity contribution in [2.75, 3.05) is 13.1 Å². The molecule has 2 aromatic rings. The second kappa shape index (κ2) is 6.04. The Kier molecular flexibility index (Phi) is 4.20. The molecule has 24 heavy (non-hydrogen) atoms. The number of hydrogen-bond donors (Lipinski definition) is 1. The first-order chi connectivity index (χ1) is 11.3. The van der Waals surface area contributed by atoms with Crippen LogP contribution in [0.2, 0.25) is 0 Å². The fraction of sp³-hybridized carbons (Fsp3) is 0.400. The summed E-state index contributed by atoms with van der Waals surface area (Å²) in [5, 5.41) is -0.927. The SMILES string of the molecule is NC(=O)C1CCN(C(=O)c2ccc3nc(C(F)(F)F)sc3c2)CC1. The molecule has 2 N–H and O–H groups in total. The number of alkyl halides is 3. The van der Waals surface area contributed by atoms with E-state index in [0.717, 1.165) is 0 Å². The van der Waals surface area contributed by atoms with E-state index in [2.05, 4.69) is 4.98 Å². The van der Waals surface area contributed by atoms with E-state index in [0.29, 0.717) is 47.5 Å². The second-order valence-electron chi connectivity index (χ2n) is 5.67. The molecule has 0 bridgehead atoms. The van der Waals surface area contributed by atoms with Crippen molar-refractivity contribution in [2.45, 2.75) is 19.0 Å². The Morgan fingerprint density at radius 2 is 1.92 bits per heavy atom. The van der Waals surface area contributed by atoms with Gasteiger partial charge in [0, 0.05) is 24.6 Å². The number of carbonyl (C=O) groups is 2. The molecule has 128 valence electrons. The number of halogens is 3. The Morgan fingerprint density at radius 1 is 1.25 bits per heavy atom. The van der Waals surface area contributed by atoms with Crippen LogP contribution in [-0.4, -0.2) is 34.8 Å². The third-order valence-electron chi connectivity index (χ3n) is 4.06. The number of nitrogens with two attached hydrogens (primary N) is 1. The Bertz CT molecular complexity index is 795. The van der Waals surface area contributed by atoms with Gasteiger partial charge in [-0.1, -0.05) is 0 Å². The molecule has 5 nitrogen and oxygen atoms in total. The summed E-state index contributed by atoms with van der Waals surface area (Å²) in [4.78, 5) is 28.8. The molecule has 1 aliphatic rings. The summed E-state index contributed by atoms with van der Waals surface area (Å²) in [5.41, 5.74) is 5.80. The van der Waals surface area contributed by atoms with Crippen LogP contribution in [0.15, 0.2) is 18.2 Å². The number of hydrogen-bond acceptors (Lipinski definition) is 4. The van der Waals surface area contributed by atoms with Gasteiger partial charge in [-0.2, -0.15) is 13.2 Å². The van der Waals surface area contributed by atoms with Gasteiger partial charge in [-0.05, 0) is 31.0 Å². The summed E-state index contributed by atoms with van der Waals surface area (Å²) >= 11 is 0.519. The molecule has 1 aromatic carbocycles. The zero-order chi connectivity index (χ0) is 17.5. The first-order valence-electron chi connectivity index (χ1n) is 7.32. The molecule has 2 heterocycles. The summed E-state index contributed by atoms with van der Waals surface area (Å²) in [5.74, 6) is -0.859. The maximum Gasteiger partial charge on any atom is 0.443 e. The second-order valence-corrected chi connectivity index (χ2v) is 6.70. The molecular formula is C15H14F3N3O2S. The molecule has 0 saturated carbocycles. The van der Waals surface area contributed by atoms with E-state index in [1.54, 1.807) is 4.90 Å². The van der Waals surface area contributed by atoms with Crippen LogP contribution in [-0.2, 0) is 11.0 Å². The fourth-order valence-electron chi connectivity index (χ4n) is 2.73.